The molecule has 0 aliphatic heterocycles. The minimum atomic E-state index is -3.79. The molecule has 0 aromatic carbocycles. The smallest absolute Gasteiger partial charge is 0.345 e. The lowest BCUT2D eigenvalue weighted by atomic mass is 10.1. The van der Waals surface area contributed by atoms with Crippen LogP contribution in [0.3, 0.4) is 0 Å². The summed E-state index contributed by atoms with van der Waals surface area (Å²) in [5.41, 5.74) is 0. The molecular formula is C11H17NO5S2. The van der Waals surface area contributed by atoms with Gasteiger partial charge in [0.05, 0.1) is 11.5 Å². The summed E-state index contributed by atoms with van der Waals surface area (Å²) < 4.78 is 26.4. The fraction of sp³-hybridized carbons (Fsp3) is 0.545. The van der Waals surface area contributed by atoms with Crippen molar-refractivity contribution < 1.29 is 23.4 Å². The van der Waals surface area contributed by atoms with Gasteiger partial charge in [-0.2, -0.15) is 0 Å². The van der Waals surface area contributed by atoms with Crippen LogP contribution < -0.4 is 4.72 Å². The van der Waals surface area contributed by atoms with Crippen molar-refractivity contribution in [2.75, 3.05) is 6.61 Å². The molecule has 0 bridgehead atoms. The molecule has 1 aromatic rings. The Kier molecular flexibility index (Phi) is 5.48. The van der Waals surface area contributed by atoms with Gasteiger partial charge in [0, 0.05) is 11.4 Å². The lowest BCUT2D eigenvalue weighted by molar-refractivity contribution is 0.0702. The summed E-state index contributed by atoms with van der Waals surface area (Å²) in [4.78, 5) is 10.6. The first-order chi connectivity index (χ1) is 8.76. The van der Waals surface area contributed by atoms with Crippen molar-refractivity contribution in [2.24, 2.45) is 5.92 Å². The molecule has 8 heteroatoms. The van der Waals surface area contributed by atoms with E-state index in [9.17, 15) is 13.2 Å². The van der Waals surface area contributed by atoms with E-state index in [1.807, 2.05) is 13.8 Å². The number of sulfonamides is 1. The Morgan fingerprint density at radius 1 is 1.47 bits per heavy atom. The minimum absolute atomic E-state index is 0.0372. The van der Waals surface area contributed by atoms with Gasteiger partial charge in [-0.15, -0.1) is 11.3 Å². The Bertz CT molecular complexity index is 535. The van der Waals surface area contributed by atoms with Gasteiger partial charge in [-0.05, 0) is 18.4 Å². The zero-order chi connectivity index (χ0) is 14.6. The number of carboxylic acids is 1. The van der Waals surface area contributed by atoms with Crippen LogP contribution in [0.25, 0.3) is 0 Å². The van der Waals surface area contributed by atoms with Crippen LogP contribution in [-0.4, -0.2) is 37.2 Å². The summed E-state index contributed by atoms with van der Waals surface area (Å²) >= 11 is 0.852. The van der Waals surface area contributed by atoms with E-state index in [1.54, 1.807) is 0 Å². The van der Waals surface area contributed by atoms with Gasteiger partial charge in [0.2, 0.25) is 10.0 Å². The molecule has 1 rings (SSSR count). The van der Waals surface area contributed by atoms with Gasteiger partial charge in [-0.25, -0.2) is 17.9 Å². The molecule has 0 radical (unpaired) electrons. The number of carboxylic acid groups (broad SMARTS) is 1. The van der Waals surface area contributed by atoms with E-state index in [0.717, 1.165) is 17.4 Å². The third kappa shape index (κ3) is 4.57. The maximum atomic E-state index is 12.0. The number of rotatable bonds is 7. The maximum Gasteiger partial charge on any atom is 0.345 e. The molecule has 0 aliphatic rings. The Morgan fingerprint density at radius 2 is 2.11 bits per heavy atom. The molecule has 1 heterocycles. The van der Waals surface area contributed by atoms with Crippen LogP contribution in [0.15, 0.2) is 16.3 Å². The number of aliphatic hydroxyl groups excluding tert-OH is 1. The van der Waals surface area contributed by atoms with E-state index in [-0.39, 0.29) is 22.3 Å². The normalized spacial score (nSPS) is 13.7. The number of aliphatic hydroxyl groups is 1. The number of nitrogens with one attached hydrogen (secondary N) is 1. The maximum absolute atomic E-state index is 12.0. The molecule has 19 heavy (non-hydrogen) atoms. The first-order valence-electron chi connectivity index (χ1n) is 5.71. The van der Waals surface area contributed by atoms with E-state index in [0.29, 0.717) is 6.42 Å². The van der Waals surface area contributed by atoms with Crippen LogP contribution >= 0.6 is 11.3 Å². The minimum Gasteiger partial charge on any atom is -0.477 e. The Morgan fingerprint density at radius 3 is 2.53 bits per heavy atom. The van der Waals surface area contributed by atoms with Crippen molar-refractivity contribution in [3.8, 4) is 0 Å². The van der Waals surface area contributed by atoms with Crippen LogP contribution in [0.5, 0.6) is 0 Å². The number of hydrogen-bond acceptors (Lipinski definition) is 5. The molecule has 1 unspecified atom stereocenters. The largest absolute Gasteiger partial charge is 0.477 e. The molecule has 3 N–H and O–H groups in total. The highest BCUT2D eigenvalue weighted by molar-refractivity contribution is 7.89. The monoisotopic (exact) mass is 307 g/mol. The predicted octanol–water partition coefficient (Wildman–Crippen LogP) is 1.13. The number of carbonyl (C=O) groups is 1. The molecule has 0 saturated heterocycles. The molecule has 6 nitrogen and oxygen atoms in total. The first kappa shape index (κ1) is 16.1. The summed E-state index contributed by atoms with van der Waals surface area (Å²) in [6.45, 7) is 3.54. The van der Waals surface area contributed by atoms with E-state index >= 15 is 0 Å². The Balaban J connectivity index is 2.87. The number of aromatic carboxylic acids is 1. The van der Waals surface area contributed by atoms with Crippen LogP contribution in [0.1, 0.15) is 29.9 Å². The van der Waals surface area contributed by atoms with Gasteiger partial charge < -0.3 is 10.2 Å². The van der Waals surface area contributed by atoms with Crippen LogP contribution in [-0.2, 0) is 10.0 Å². The van der Waals surface area contributed by atoms with Crippen molar-refractivity contribution in [3.63, 3.8) is 0 Å². The van der Waals surface area contributed by atoms with E-state index in [2.05, 4.69) is 4.72 Å². The topological polar surface area (TPSA) is 104 Å². The average molecular weight is 307 g/mol. The third-order valence-electron chi connectivity index (χ3n) is 2.39. The van der Waals surface area contributed by atoms with Crippen LogP contribution in [0.4, 0.5) is 0 Å². The lowest BCUT2D eigenvalue weighted by Crippen LogP contribution is -2.38. The summed E-state index contributed by atoms with van der Waals surface area (Å²) in [6.07, 6.45) is 0.506. The molecule has 0 spiro atoms. The molecule has 0 amide bonds. The number of thiophene rings is 1. The van der Waals surface area contributed by atoms with E-state index in [4.69, 9.17) is 10.2 Å². The van der Waals surface area contributed by atoms with Crippen molar-refractivity contribution in [2.45, 2.75) is 31.2 Å². The number of hydrogen-bond donors (Lipinski definition) is 3. The van der Waals surface area contributed by atoms with E-state index in [1.165, 1.54) is 5.38 Å². The second-order valence-electron chi connectivity index (χ2n) is 4.58. The van der Waals surface area contributed by atoms with Gasteiger partial charge >= 0.3 is 5.97 Å². The molecule has 0 aliphatic carbocycles. The SMILES string of the molecule is CC(C)CC(CO)NS(=O)(=O)c1csc(C(=O)O)c1. The van der Waals surface area contributed by atoms with Crippen LogP contribution in [0, 0.1) is 5.92 Å². The summed E-state index contributed by atoms with van der Waals surface area (Å²) in [7, 11) is -3.79. The predicted molar refractivity (Wildman–Crippen MR) is 71.9 cm³/mol. The van der Waals surface area contributed by atoms with Gasteiger partial charge in [-0.3, -0.25) is 0 Å². The molecule has 0 fully saturated rings. The van der Waals surface area contributed by atoms with Gasteiger partial charge in [0.15, 0.2) is 0 Å². The van der Waals surface area contributed by atoms with Gasteiger partial charge in [0.1, 0.15) is 4.88 Å². The molecular weight excluding hydrogens is 290 g/mol. The summed E-state index contributed by atoms with van der Waals surface area (Å²) in [5.74, 6) is -0.927. The second kappa shape index (κ2) is 6.47. The molecule has 108 valence electrons. The zero-order valence-electron chi connectivity index (χ0n) is 10.7. The van der Waals surface area contributed by atoms with Crippen molar-refractivity contribution in [1.82, 2.24) is 4.72 Å². The van der Waals surface area contributed by atoms with Crippen molar-refractivity contribution in [1.29, 1.82) is 0 Å². The average Bonchev–Trinajstić information content (AvgIpc) is 2.77. The first-order valence-corrected chi connectivity index (χ1v) is 8.07. The standard InChI is InChI=1S/C11H17NO5S2/c1-7(2)3-8(5-13)12-19(16,17)9-4-10(11(14)15)18-6-9/h4,6-8,12-13H,3,5H2,1-2H3,(H,14,15). The molecule has 0 saturated carbocycles. The van der Waals surface area contributed by atoms with Gasteiger partial charge in [-0.1, -0.05) is 13.8 Å². The molecule has 1 aromatic heterocycles. The Hall–Kier alpha value is -0.960. The third-order valence-corrected chi connectivity index (χ3v) is 4.96. The van der Waals surface area contributed by atoms with Crippen LogP contribution in [0.2, 0.25) is 0 Å². The quantitative estimate of drug-likeness (QED) is 0.700. The highest BCUT2D eigenvalue weighted by Crippen LogP contribution is 2.20. The van der Waals surface area contributed by atoms with Crippen molar-refractivity contribution >= 4 is 27.3 Å². The fourth-order valence-electron chi connectivity index (χ4n) is 1.59. The highest BCUT2D eigenvalue weighted by atomic mass is 32.2. The van der Waals surface area contributed by atoms with Gasteiger partial charge in [0.25, 0.3) is 0 Å². The molecule has 1 atom stereocenters. The summed E-state index contributed by atoms with van der Waals surface area (Å²) in [6, 6.07) is 0.539. The summed E-state index contributed by atoms with van der Waals surface area (Å²) in [5, 5.41) is 19.2. The van der Waals surface area contributed by atoms with Crippen molar-refractivity contribution in [3.05, 3.63) is 16.3 Å². The Labute approximate surface area is 116 Å². The highest BCUT2D eigenvalue weighted by Gasteiger charge is 2.22. The zero-order valence-corrected chi connectivity index (χ0v) is 12.3. The second-order valence-corrected chi connectivity index (χ2v) is 7.21. The van der Waals surface area contributed by atoms with E-state index < -0.39 is 22.0 Å². The lowest BCUT2D eigenvalue weighted by Gasteiger charge is -2.17. The fourth-order valence-corrected chi connectivity index (χ4v) is 3.94.